The number of hydrogen-bond acceptors (Lipinski definition) is 1. The van der Waals surface area contributed by atoms with Gasteiger partial charge in [-0.05, 0) is 51.6 Å². The smallest absolute Gasteiger partial charge is 0.0386 e. The summed E-state index contributed by atoms with van der Waals surface area (Å²) in [6.07, 6.45) is 5.94. The van der Waals surface area contributed by atoms with Crippen molar-refractivity contribution in [1.82, 2.24) is 0 Å². The summed E-state index contributed by atoms with van der Waals surface area (Å²) in [4.78, 5) is 1.43. The minimum atomic E-state index is 0.589. The molecule has 3 aromatic rings. The van der Waals surface area contributed by atoms with E-state index in [1.54, 1.807) is 0 Å². The van der Waals surface area contributed by atoms with Gasteiger partial charge in [-0.15, -0.1) is 11.8 Å². The minimum absolute atomic E-state index is 0.589. The fraction of sp³-hybridized carbons (Fsp3) is 0.0909. The molecule has 0 radical (unpaired) electrons. The van der Waals surface area contributed by atoms with Gasteiger partial charge in [0.25, 0.3) is 0 Å². The van der Waals surface area contributed by atoms with Gasteiger partial charge in [-0.3, -0.25) is 0 Å². The molecule has 1 aliphatic carbocycles. The van der Waals surface area contributed by atoms with Crippen molar-refractivity contribution in [3.63, 3.8) is 0 Å². The maximum atomic E-state index is 2.41. The zero-order valence-electron chi connectivity index (χ0n) is 12.7. The Morgan fingerprint density at radius 3 is 2.57 bits per heavy atom. The van der Waals surface area contributed by atoms with Crippen LogP contribution >= 0.6 is 11.8 Å². The van der Waals surface area contributed by atoms with Crippen LogP contribution in [0.25, 0.3) is 21.9 Å². The minimum Gasteiger partial charge on any atom is -0.117 e. The van der Waals surface area contributed by atoms with Crippen molar-refractivity contribution in [2.75, 3.05) is 0 Å². The zero-order valence-corrected chi connectivity index (χ0v) is 13.5. The van der Waals surface area contributed by atoms with E-state index in [9.17, 15) is 0 Å². The third-order valence-electron chi connectivity index (χ3n) is 4.78. The second-order valence-electron chi connectivity index (χ2n) is 6.12. The van der Waals surface area contributed by atoms with Crippen LogP contribution in [0.2, 0.25) is 0 Å². The van der Waals surface area contributed by atoms with E-state index < -0.39 is 0 Å². The number of benzene rings is 3. The molecule has 1 atom stereocenters. The van der Waals surface area contributed by atoms with E-state index >= 15 is 0 Å². The molecule has 5 rings (SSSR count). The molecule has 0 spiro atoms. The van der Waals surface area contributed by atoms with Gasteiger partial charge in [0, 0.05) is 10.1 Å². The first-order valence-electron chi connectivity index (χ1n) is 8.06. The lowest BCUT2D eigenvalue weighted by atomic mass is 9.89. The first kappa shape index (κ1) is 13.2. The number of fused-ring (bicyclic) bond motifs is 4. The van der Waals surface area contributed by atoms with Crippen LogP contribution in [-0.2, 0) is 0 Å². The Morgan fingerprint density at radius 1 is 0.783 bits per heavy atom. The lowest BCUT2D eigenvalue weighted by Crippen LogP contribution is -2.03. The lowest BCUT2D eigenvalue weighted by molar-refractivity contribution is 1.09. The van der Waals surface area contributed by atoms with Gasteiger partial charge < -0.3 is 0 Å². The van der Waals surface area contributed by atoms with Crippen LogP contribution in [0, 0.1) is 0 Å². The van der Waals surface area contributed by atoms with Gasteiger partial charge in [0.15, 0.2) is 0 Å². The summed E-state index contributed by atoms with van der Waals surface area (Å²) in [5.41, 5.74) is 5.64. The van der Waals surface area contributed by atoms with Crippen LogP contribution in [0.3, 0.4) is 0 Å². The Kier molecular flexibility index (Phi) is 2.95. The molecule has 1 heterocycles. The van der Waals surface area contributed by atoms with Gasteiger partial charge in [0.2, 0.25) is 0 Å². The van der Waals surface area contributed by atoms with Crippen LogP contribution in [0.15, 0.2) is 83.8 Å². The summed E-state index contributed by atoms with van der Waals surface area (Å²) in [6.45, 7) is 0. The SMILES string of the molecule is C1=C(c2cccc3ccccc23)C=C2c3ccccc3SC2C1. The van der Waals surface area contributed by atoms with E-state index in [0.29, 0.717) is 5.25 Å². The van der Waals surface area contributed by atoms with Crippen molar-refractivity contribution in [1.29, 1.82) is 0 Å². The van der Waals surface area contributed by atoms with Crippen LogP contribution in [0.1, 0.15) is 17.5 Å². The van der Waals surface area contributed by atoms with Crippen molar-refractivity contribution < 1.29 is 0 Å². The van der Waals surface area contributed by atoms with Crippen LogP contribution in [0.5, 0.6) is 0 Å². The van der Waals surface area contributed by atoms with Gasteiger partial charge in [-0.25, -0.2) is 0 Å². The second-order valence-corrected chi connectivity index (χ2v) is 7.37. The van der Waals surface area contributed by atoms with Gasteiger partial charge >= 0.3 is 0 Å². The summed E-state index contributed by atoms with van der Waals surface area (Å²) in [5.74, 6) is 0. The summed E-state index contributed by atoms with van der Waals surface area (Å²) in [5, 5.41) is 3.24. The molecule has 1 aliphatic heterocycles. The fourth-order valence-electron chi connectivity index (χ4n) is 3.67. The van der Waals surface area contributed by atoms with Crippen LogP contribution in [-0.4, -0.2) is 5.25 Å². The Hall–Kier alpha value is -2.25. The van der Waals surface area contributed by atoms with E-state index in [2.05, 4.69) is 78.9 Å². The van der Waals surface area contributed by atoms with Crippen LogP contribution < -0.4 is 0 Å². The Bertz CT molecular complexity index is 973. The molecule has 0 saturated heterocycles. The number of hydrogen-bond donors (Lipinski definition) is 0. The summed E-state index contributed by atoms with van der Waals surface area (Å²) >= 11 is 2.01. The maximum absolute atomic E-state index is 2.41. The molecular weight excluding hydrogens is 296 g/mol. The highest BCUT2D eigenvalue weighted by Crippen LogP contribution is 2.49. The molecule has 0 bridgehead atoms. The molecule has 0 saturated carbocycles. The summed E-state index contributed by atoms with van der Waals surface area (Å²) in [6, 6.07) is 24.1. The number of allylic oxidation sites excluding steroid dienone is 3. The molecule has 23 heavy (non-hydrogen) atoms. The number of thioether (sulfide) groups is 1. The van der Waals surface area contributed by atoms with Crippen molar-refractivity contribution in [2.24, 2.45) is 0 Å². The predicted molar refractivity (Wildman–Crippen MR) is 101 cm³/mol. The first-order chi connectivity index (χ1) is 11.4. The second kappa shape index (κ2) is 5.14. The molecule has 110 valence electrons. The van der Waals surface area contributed by atoms with E-state index in [1.807, 2.05) is 11.8 Å². The summed E-state index contributed by atoms with van der Waals surface area (Å²) < 4.78 is 0. The Balaban J connectivity index is 1.67. The van der Waals surface area contributed by atoms with Crippen molar-refractivity contribution in [3.05, 3.63) is 90.0 Å². The molecule has 0 fully saturated rings. The molecule has 1 unspecified atom stereocenters. The third kappa shape index (κ3) is 2.08. The maximum Gasteiger partial charge on any atom is 0.0386 e. The topological polar surface area (TPSA) is 0 Å². The predicted octanol–water partition coefficient (Wildman–Crippen LogP) is 6.18. The van der Waals surface area contributed by atoms with E-state index in [4.69, 9.17) is 0 Å². The molecule has 2 aliphatic rings. The van der Waals surface area contributed by atoms with E-state index in [-0.39, 0.29) is 0 Å². The molecule has 1 heteroatoms. The quantitative estimate of drug-likeness (QED) is 0.516. The molecule has 3 aromatic carbocycles. The normalized spacial score (nSPS) is 19.0. The van der Waals surface area contributed by atoms with Gasteiger partial charge in [0.05, 0.1) is 0 Å². The van der Waals surface area contributed by atoms with E-state index in [1.165, 1.54) is 37.9 Å². The lowest BCUT2D eigenvalue weighted by Gasteiger charge is -2.18. The highest BCUT2D eigenvalue weighted by molar-refractivity contribution is 8.00. The Morgan fingerprint density at radius 2 is 1.57 bits per heavy atom. The average Bonchev–Trinajstić information content (AvgIpc) is 2.99. The Labute approximate surface area is 140 Å². The fourth-order valence-corrected chi connectivity index (χ4v) is 4.96. The van der Waals surface area contributed by atoms with E-state index in [0.717, 1.165) is 6.42 Å². The molecular formula is C22H16S. The van der Waals surface area contributed by atoms with Gasteiger partial charge in [-0.1, -0.05) is 66.7 Å². The number of rotatable bonds is 1. The summed E-state index contributed by atoms with van der Waals surface area (Å²) in [7, 11) is 0. The monoisotopic (exact) mass is 312 g/mol. The van der Waals surface area contributed by atoms with Crippen molar-refractivity contribution in [2.45, 2.75) is 16.6 Å². The zero-order chi connectivity index (χ0) is 15.2. The molecule has 0 nitrogen and oxygen atoms in total. The van der Waals surface area contributed by atoms with Crippen LogP contribution in [0.4, 0.5) is 0 Å². The molecule has 0 aromatic heterocycles. The highest BCUT2D eigenvalue weighted by Gasteiger charge is 2.29. The standard InChI is InChI=1S/C22H16S/c1-2-8-17-15(6-1)7-5-10-18(17)16-12-13-22-20(14-16)19-9-3-4-11-21(19)23-22/h1-12,14,22H,13H2. The molecule has 0 N–H and O–H groups in total. The van der Waals surface area contributed by atoms with Gasteiger partial charge in [-0.2, -0.15) is 0 Å². The average molecular weight is 312 g/mol. The van der Waals surface area contributed by atoms with Crippen molar-refractivity contribution in [3.8, 4) is 0 Å². The van der Waals surface area contributed by atoms with Crippen molar-refractivity contribution >= 4 is 33.7 Å². The third-order valence-corrected chi connectivity index (χ3v) is 6.12. The first-order valence-corrected chi connectivity index (χ1v) is 8.94. The largest absolute Gasteiger partial charge is 0.117 e. The highest BCUT2D eigenvalue weighted by atomic mass is 32.2. The molecule has 0 amide bonds. The van der Waals surface area contributed by atoms with Gasteiger partial charge in [0.1, 0.15) is 0 Å².